The van der Waals surface area contributed by atoms with Crippen LogP contribution in [-0.4, -0.2) is 33.1 Å². The number of pyridine rings is 1. The molecule has 0 aliphatic heterocycles. The Hall–Kier alpha value is -1.95. The number of rotatable bonds is 4. The Morgan fingerprint density at radius 1 is 1.53 bits per heavy atom. The van der Waals surface area contributed by atoms with E-state index in [-0.39, 0.29) is 5.69 Å². The molecule has 0 fully saturated rings. The van der Waals surface area contributed by atoms with Crippen molar-refractivity contribution in [2.45, 2.75) is 19.9 Å². The van der Waals surface area contributed by atoms with Crippen molar-refractivity contribution in [1.82, 2.24) is 20.0 Å². The van der Waals surface area contributed by atoms with Gasteiger partial charge in [0.1, 0.15) is 0 Å². The van der Waals surface area contributed by atoms with Gasteiger partial charge in [0.25, 0.3) is 0 Å². The first-order chi connectivity index (χ1) is 9.17. The summed E-state index contributed by atoms with van der Waals surface area (Å²) in [7, 11) is 1.32. The van der Waals surface area contributed by atoms with Crippen molar-refractivity contribution in [2.24, 2.45) is 0 Å². The van der Waals surface area contributed by atoms with E-state index < -0.39 is 5.97 Å². The summed E-state index contributed by atoms with van der Waals surface area (Å²) in [5.41, 5.74) is 1.84. The number of hydrogen-bond donors (Lipinski definition) is 0. The van der Waals surface area contributed by atoms with Gasteiger partial charge in [0, 0.05) is 12.4 Å². The van der Waals surface area contributed by atoms with E-state index in [1.807, 2.05) is 6.92 Å². The molecule has 19 heavy (non-hydrogen) atoms. The summed E-state index contributed by atoms with van der Waals surface area (Å²) in [4.78, 5) is 15.5. The molecular weight excluding hydrogens is 268 g/mol. The number of carbonyl (C=O) groups excluding carboxylic acids is 1. The molecule has 0 saturated heterocycles. The van der Waals surface area contributed by atoms with Crippen LogP contribution in [0, 0.1) is 0 Å². The Labute approximate surface area is 115 Å². The molecule has 0 aliphatic rings. The van der Waals surface area contributed by atoms with E-state index in [4.69, 9.17) is 11.6 Å². The van der Waals surface area contributed by atoms with E-state index in [9.17, 15) is 4.79 Å². The first kappa shape index (κ1) is 13.5. The first-order valence-electron chi connectivity index (χ1n) is 5.76. The lowest BCUT2D eigenvalue weighted by Crippen LogP contribution is -2.10. The Bertz CT molecular complexity index is 597. The van der Waals surface area contributed by atoms with E-state index in [0.29, 0.717) is 18.0 Å². The lowest BCUT2D eigenvalue weighted by molar-refractivity contribution is 0.0592. The molecule has 0 amide bonds. The van der Waals surface area contributed by atoms with Crippen LogP contribution >= 0.6 is 11.6 Å². The van der Waals surface area contributed by atoms with Gasteiger partial charge in [0.05, 0.1) is 24.4 Å². The van der Waals surface area contributed by atoms with Crippen molar-refractivity contribution in [2.75, 3.05) is 7.11 Å². The third-order valence-corrected chi connectivity index (χ3v) is 3.07. The van der Waals surface area contributed by atoms with E-state index >= 15 is 0 Å². The Balaban J connectivity index is 2.34. The van der Waals surface area contributed by atoms with Gasteiger partial charge in [-0.25, -0.2) is 9.48 Å². The van der Waals surface area contributed by atoms with Crippen LogP contribution in [0.5, 0.6) is 0 Å². The molecule has 7 heteroatoms. The molecule has 0 unspecified atom stereocenters. The highest BCUT2D eigenvalue weighted by Crippen LogP contribution is 2.16. The minimum absolute atomic E-state index is 0.246. The Morgan fingerprint density at radius 2 is 2.32 bits per heavy atom. The van der Waals surface area contributed by atoms with Crippen LogP contribution < -0.4 is 0 Å². The summed E-state index contributed by atoms with van der Waals surface area (Å²) in [6.07, 6.45) is 3.85. The SMILES string of the molecule is CCc1c(C(=O)OC)nnn1Cc1ccncc1Cl. The highest BCUT2D eigenvalue weighted by atomic mass is 35.5. The van der Waals surface area contributed by atoms with Gasteiger partial charge in [-0.2, -0.15) is 0 Å². The predicted octanol–water partition coefficient (Wildman–Crippen LogP) is 1.72. The first-order valence-corrected chi connectivity index (χ1v) is 6.14. The molecule has 0 bridgehead atoms. The molecular formula is C12H13ClN4O2. The van der Waals surface area contributed by atoms with Gasteiger partial charge in [-0.1, -0.05) is 23.7 Å². The third kappa shape index (κ3) is 2.73. The minimum Gasteiger partial charge on any atom is -0.464 e. The molecule has 0 radical (unpaired) electrons. The standard InChI is InChI=1S/C12H13ClN4O2/c1-3-10-11(12(18)19-2)15-16-17(10)7-8-4-5-14-6-9(8)13/h4-6H,3,7H2,1-2H3. The van der Waals surface area contributed by atoms with Crippen molar-refractivity contribution in [3.8, 4) is 0 Å². The van der Waals surface area contributed by atoms with Crippen molar-refractivity contribution >= 4 is 17.6 Å². The van der Waals surface area contributed by atoms with Crippen molar-refractivity contribution in [3.63, 3.8) is 0 Å². The zero-order chi connectivity index (χ0) is 13.8. The molecule has 0 aromatic carbocycles. The van der Waals surface area contributed by atoms with Crippen LogP contribution in [0.15, 0.2) is 18.5 Å². The predicted molar refractivity (Wildman–Crippen MR) is 69.1 cm³/mol. The molecule has 2 aromatic rings. The van der Waals surface area contributed by atoms with E-state index in [2.05, 4.69) is 20.0 Å². The maximum absolute atomic E-state index is 11.6. The second-order valence-electron chi connectivity index (χ2n) is 3.85. The van der Waals surface area contributed by atoms with Crippen LogP contribution in [-0.2, 0) is 17.7 Å². The molecule has 2 heterocycles. The highest BCUT2D eigenvalue weighted by molar-refractivity contribution is 6.31. The number of aromatic nitrogens is 4. The smallest absolute Gasteiger partial charge is 0.360 e. The Morgan fingerprint density at radius 3 is 2.95 bits per heavy atom. The van der Waals surface area contributed by atoms with E-state index in [1.165, 1.54) is 7.11 Å². The van der Waals surface area contributed by atoms with Gasteiger partial charge in [-0.15, -0.1) is 5.10 Å². The van der Waals surface area contributed by atoms with Gasteiger partial charge >= 0.3 is 5.97 Å². The lowest BCUT2D eigenvalue weighted by Gasteiger charge is -2.06. The highest BCUT2D eigenvalue weighted by Gasteiger charge is 2.19. The van der Waals surface area contributed by atoms with Crippen molar-refractivity contribution in [3.05, 3.63) is 40.4 Å². The van der Waals surface area contributed by atoms with Gasteiger partial charge in [-0.3, -0.25) is 4.98 Å². The number of esters is 1. The van der Waals surface area contributed by atoms with Gasteiger partial charge in [0.2, 0.25) is 0 Å². The number of halogens is 1. The molecule has 100 valence electrons. The molecule has 0 aliphatic carbocycles. The third-order valence-electron chi connectivity index (χ3n) is 2.73. The van der Waals surface area contributed by atoms with Crippen molar-refractivity contribution in [1.29, 1.82) is 0 Å². The van der Waals surface area contributed by atoms with Gasteiger partial charge in [0.15, 0.2) is 5.69 Å². The van der Waals surface area contributed by atoms with E-state index in [0.717, 1.165) is 11.3 Å². The fourth-order valence-corrected chi connectivity index (χ4v) is 1.94. The zero-order valence-corrected chi connectivity index (χ0v) is 11.4. The van der Waals surface area contributed by atoms with Gasteiger partial charge < -0.3 is 4.74 Å². The monoisotopic (exact) mass is 280 g/mol. The van der Waals surface area contributed by atoms with Crippen molar-refractivity contribution < 1.29 is 9.53 Å². The van der Waals surface area contributed by atoms with Crippen LogP contribution in [0.1, 0.15) is 28.7 Å². The molecule has 0 atom stereocenters. The number of nitrogens with zero attached hydrogens (tertiary/aromatic N) is 4. The summed E-state index contributed by atoms with van der Waals surface area (Å²) in [5, 5.41) is 8.40. The fraction of sp³-hybridized carbons (Fsp3) is 0.333. The summed E-state index contributed by atoms with van der Waals surface area (Å²) in [6, 6.07) is 1.81. The summed E-state index contributed by atoms with van der Waals surface area (Å²) >= 11 is 6.05. The number of methoxy groups -OCH3 is 1. The molecule has 6 nitrogen and oxygen atoms in total. The molecule has 2 rings (SSSR count). The zero-order valence-electron chi connectivity index (χ0n) is 10.6. The molecule has 2 aromatic heterocycles. The number of ether oxygens (including phenoxy) is 1. The minimum atomic E-state index is -0.482. The Kier molecular flexibility index (Phi) is 4.11. The van der Waals surface area contributed by atoms with Crippen LogP contribution in [0.3, 0.4) is 0 Å². The second-order valence-corrected chi connectivity index (χ2v) is 4.26. The maximum Gasteiger partial charge on any atom is 0.360 e. The summed E-state index contributed by atoms with van der Waals surface area (Å²) < 4.78 is 6.32. The number of carbonyl (C=O) groups is 1. The fourth-order valence-electron chi connectivity index (χ4n) is 1.76. The lowest BCUT2D eigenvalue weighted by atomic mass is 10.2. The summed E-state index contributed by atoms with van der Waals surface area (Å²) in [5.74, 6) is -0.482. The average Bonchev–Trinajstić information content (AvgIpc) is 2.83. The normalized spacial score (nSPS) is 10.5. The van der Waals surface area contributed by atoms with E-state index in [1.54, 1.807) is 23.1 Å². The maximum atomic E-state index is 11.6. The molecule has 0 spiro atoms. The average molecular weight is 281 g/mol. The largest absolute Gasteiger partial charge is 0.464 e. The summed E-state index contributed by atoms with van der Waals surface area (Å²) in [6.45, 7) is 2.37. The van der Waals surface area contributed by atoms with Crippen LogP contribution in [0.25, 0.3) is 0 Å². The molecule has 0 saturated carbocycles. The van der Waals surface area contributed by atoms with Crippen LogP contribution in [0.4, 0.5) is 0 Å². The topological polar surface area (TPSA) is 69.9 Å². The molecule has 0 N–H and O–H groups in total. The quantitative estimate of drug-likeness (QED) is 0.798. The van der Waals surface area contributed by atoms with Crippen LogP contribution in [0.2, 0.25) is 5.02 Å². The van der Waals surface area contributed by atoms with Gasteiger partial charge in [-0.05, 0) is 18.1 Å². The second kappa shape index (κ2) is 5.79. The number of hydrogen-bond acceptors (Lipinski definition) is 5.